The van der Waals surface area contributed by atoms with Crippen molar-refractivity contribution in [2.75, 3.05) is 0 Å². The maximum Gasteiger partial charge on any atom is 0.255 e. The van der Waals surface area contributed by atoms with Crippen LogP contribution >= 0.6 is 11.6 Å². The predicted molar refractivity (Wildman–Crippen MR) is 90.4 cm³/mol. The van der Waals surface area contributed by atoms with Gasteiger partial charge in [0.1, 0.15) is 17.7 Å². The Morgan fingerprint density at radius 3 is 2.54 bits per heavy atom. The number of aryl methyl sites for hydroxylation is 1. The molecule has 1 atom stereocenters. The van der Waals surface area contributed by atoms with E-state index in [1.807, 2.05) is 19.2 Å². The fourth-order valence-electron chi connectivity index (χ4n) is 2.46. The Morgan fingerprint density at radius 1 is 1.21 bits per heavy atom. The highest BCUT2D eigenvalue weighted by Crippen LogP contribution is 2.23. The van der Waals surface area contributed by atoms with Crippen molar-refractivity contribution < 1.29 is 9.18 Å². The van der Waals surface area contributed by atoms with Gasteiger partial charge in [0.15, 0.2) is 0 Å². The lowest BCUT2D eigenvalue weighted by Gasteiger charge is -2.19. The number of halogens is 2. The maximum atomic E-state index is 13.9. The van der Waals surface area contributed by atoms with Crippen molar-refractivity contribution in [3.8, 4) is 0 Å². The Labute approximate surface area is 143 Å². The quantitative estimate of drug-likeness (QED) is 0.784. The normalized spacial score (nSPS) is 12.0. The molecule has 0 bridgehead atoms. The number of amides is 1. The largest absolute Gasteiger partial charge is 0.338 e. The van der Waals surface area contributed by atoms with Gasteiger partial charge in [-0.3, -0.25) is 4.79 Å². The monoisotopic (exact) mass is 343 g/mol. The average Bonchev–Trinajstić information content (AvgIpc) is 2.99. The average molecular weight is 344 g/mol. The number of carbonyl (C=O) groups excluding carboxylic acids is 1. The fourth-order valence-corrected chi connectivity index (χ4v) is 2.59. The number of aromatic nitrogens is 2. The molecule has 0 fully saturated rings. The molecule has 0 radical (unpaired) electrons. The molecule has 0 aliphatic heterocycles. The summed E-state index contributed by atoms with van der Waals surface area (Å²) in [7, 11) is 1.83. The standard InChI is InChI=1S/C18H15ClFN3O/c1-23-11-10-21-17(23)16(12-6-8-13(19)9-7-12)22-18(24)14-4-2-3-5-15(14)20/h2-11,16H,1H3,(H,22,24)/t16-/m0/s1. The van der Waals surface area contributed by atoms with Gasteiger partial charge in [0.05, 0.1) is 5.56 Å². The summed E-state index contributed by atoms with van der Waals surface area (Å²) < 4.78 is 15.7. The number of nitrogens with zero attached hydrogens (tertiary/aromatic N) is 2. The second-order valence-electron chi connectivity index (χ2n) is 5.33. The number of benzene rings is 2. The fraction of sp³-hybridized carbons (Fsp3) is 0.111. The molecule has 0 unspecified atom stereocenters. The minimum absolute atomic E-state index is 0.00864. The Morgan fingerprint density at radius 2 is 1.92 bits per heavy atom. The van der Waals surface area contributed by atoms with Crippen LogP contribution < -0.4 is 5.32 Å². The zero-order valence-corrected chi connectivity index (χ0v) is 13.7. The molecule has 2 aromatic carbocycles. The summed E-state index contributed by atoms with van der Waals surface area (Å²) in [6.07, 6.45) is 3.43. The number of hydrogen-bond acceptors (Lipinski definition) is 2. The third kappa shape index (κ3) is 3.31. The summed E-state index contributed by atoms with van der Waals surface area (Å²) in [5, 5.41) is 3.44. The van der Waals surface area contributed by atoms with Crippen LogP contribution in [0.5, 0.6) is 0 Å². The molecule has 0 saturated heterocycles. The van der Waals surface area contributed by atoms with E-state index in [4.69, 9.17) is 11.6 Å². The Hall–Kier alpha value is -2.66. The van der Waals surface area contributed by atoms with E-state index in [1.54, 1.807) is 41.2 Å². The van der Waals surface area contributed by atoms with Crippen LogP contribution in [-0.4, -0.2) is 15.5 Å². The van der Waals surface area contributed by atoms with Crippen LogP contribution in [-0.2, 0) is 7.05 Å². The molecule has 0 spiro atoms. The van der Waals surface area contributed by atoms with Crippen LogP contribution in [0.25, 0.3) is 0 Å². The molecule has 0 aliphatic carbocycles. The van der Waals surface area contributed by atoms with Crippen molar-refractivity contribution in [1.29, 1.82) is 0 Å². The minimum Gasteiger partial charge on any atom is -0.338 e. The molecule has 1 heterocycles. The van der Waals surface area contributed by atoms with Crippen molar-refractivity contribution in [3.05, 3.63) is 88.7 Å². The van der Waals surface area contributed by atoms with Gasteiger partial charge in [0.25, 0.3) is 5.91 Å². The van der Waals surface area contributed by atoms with Crippen molar-refractivity contribution >= 4 is 17.5 Å². The number of imidazole rings is 1. The van der Waals surface area contributed by atoms with Crippen LogP contribution in [0.1, 0.15) is 27.8 Å². The van der Waals surface area contributed by atoms with Crippen molar-refractivity contribution in [3.63, 3.8) is 0 Å². The zero-order valence-electron chi connectivity index (χ0n) is 12.9. The first kappa shape index (κ1) is 16.2. The lowest BCUT2D eigenvalue weighted by Crippen LogP contribution is -2.31. The third-order valence-electron chi connectivity index (χ3n) is 3.71. The summed E-state index contributed by atoms with van der Waals surface area (Å²) in [6, 6.07) is 12.4. The lowest BCUT2D eigenvalue weighted by molar-refractivity contribution is 0.0937. The van der Waals surface area contributed by atoms with E-state index in [1.165, 1.54) is 12.1 Å². The van der Waals surface area contributed by atoms with E-state index in [-0.39, 0.29) is 5.56 Å². The van der Waals surface area contributed by atoms with Crippen molar-refractivity contribution in [2.45, 2.75) is 6.04 Å². The third-order valence-corrected chi connectivity index (χ3v) is 3.97. The molecule has 122 valence electrons. The Bertz CT molecular complexity index is 861. The molecule has 1 N–H and O–H groups in total. The van der Waals surface area contributed by atoms with Gasteiger partial charge in [-0.2, -0.15) is 0 Å². The van der Waals surface area contributed by atoms with Crippen LogP contribution in [0.15, 0.2) is 60.9 Å². The van der Waals surface area contributed by atoms with Gasteiger partial charge < -0.3 is 9.88 Å². The Balaban J connectivity index is 1.97. The van der Waals surface area contributed by atoms with Gasteiger partial charge in [-0.05, 0) is 29.8 Å². The lowest BCUT2D eigenvalue weighted by atomic mass is 10.1. The van der Waals surface area contributed by atoms with Crippen molar-refractivity contribution in [1.82, 2.24) is 14.9 Å². The van der Waals surface area contributed by atoms with Crippen molar-refractivity contribution in [2.24, 2.45) is 7.05 Å². The van der Waals surface area contributed by atoms with E-state index in [0.29, 0.717) is 10.8 Å². The molecule has 1 amide bonds. The molecule has 6 heteroatoms. The predicted octanol–water partition coefficient (Wildman–Crippen LogP) is 3.73. The molecular weight excluding hydrogens is 329 g/mol. The first-order valence-corrected chi connectivity index (χ1v) is 7.72. The molecule has 1 aromatic heterocycles. The summed E-state index contributed by atoms with van der Waals surface area (Å²) in [5.74, 6) is -0.428. The summed E-state index contributed by atoms with van der Waals surface area (Å²) in [6.45, 7) is 0. The van der Waals surface area contributed by atoms with Gasteiger partial charge in [0, 0.05) is 24.5 Å². The molecule has 4 nitrogen and oxygen atoms in total. The zero-order chi connectivity index (χ0) is 17.1. The van der Waals surface area contributed by atoms with E-state index in [0.717, 1.165) is 5.56 Å². The number of carbonyl (C=O) groups is 1. The molecule has 0 saturated carbocycles. The first-order chi connectivity index (χ1) is 11.6. The number of nitrogens with one attached hydrogen (secondary N) is 1. The minimum atomic E-state index is -0.565. The number of hydrogen-bond donors (Lipinski definition) is 1. The highest BCUT2D eigenvalue weighted by Gasteiger charge is 2.22. The van der Waals surface area contributed by atoms with Gasteiger partial charge in [-0.25, -0.2) is 9.37 Å². The van der Waals surface area contributed by atoms with E-state index < -0.39 is 17.8 Å². The molecular formula is C18H15ClFN3O. The molecule has 0 aliphatic rings. The van der Waals surface area contributed by atoms with Crippen LogP contribution in [0.3, 0.4) is 0 Å². The van der Waals surface area contributed by atoms with E-state index >= 15 is 0 Å². The molecule has 3 aromatic rings. The first-order valence-electron chi connectivity index (χ1n) is 7.34. The molecule has 3 rings (SSSR count). The Kier molecular flexibility index (Phi) is 4.62. The van der Waals surface area contributed by atoms with Crippen LogP contribution in [0, 0.1) is 5.82 Å². The van der Waals surface area contributed by atoms with Gasteiger partial charge in [0.2, 0.25) is 0 Å². The second-order valence-corrected chi connectivity index (χ2v) is 5.77. The maximum absolute atomic E-state index is 13.9. The van der Waals surface area contributed by atoms with E-state index in [2.05, 4.69) is 10.3 Å². The van der Waals surface area contributed by atoms with Gasteiger partial charge in [-0.1, -0.05) is 35.9 Å². The highest BCUT2D eigenvalue weighted by molar-refractivity contribution is 6.30. The SMILES string of the molecule is Cn1ccnc1[C@@H](NC(=O)c1ccccc1F)c1ccc(Cl)cc1. The topological polar surface area (TPSA) is 46.9 Å². The van der Waals surface area contributed by atoms with Gasteiger partial charge in [-0.15, -0.1) is 0 Å². The smallest absolute Gasteiger partial charge is 0.255 e. The summed E-state index contributed by atoms with van der Waals surface area (Å²) >= 11 is 5.94. The molecule has 24 heavy (non-hydrogen) atoms. The summed E-state index contributed by atoms with van der Waals surface area (Å²) in [5.41, 5.74) is 0.795. The van der Waals surface area contributed by atoms with Crippen LogP contribution in [0.2, 0.25) is 5.02 Å². The second kappa shape index (κ2) is 6.84. The summed E-state index contributed by atoms with van der Waals surface area (Å²) in [4.78, 5) is 16.8. The van der Waals surface area contributed by atoms with Gasteiger partial charge >= 0.3 is 0 Å². The van der Waals surface area contributed by atoms with E-state index in [9.17, 15) is 9.18 Å². The highest BCUT2D eigenvalue weighted by atomic mass is 35.5. The number of rotatable bonds is 4. The van der Waals surface area contributed by atoms with Crippen LogP contribution in [0.4, 0.5) is 4.39 Å².